The third kappa shape index (κ3) is 6.55. The second kappa shape index (κ2) is 5.77. The summed E-state index contributed by atoms with van der Waals surface area (Å²) >= 11 is 5.25. The van der Waals surface area contributed by atoms with Gasteiger partial charge in [-0.25, -0.2) is 13.1 Å². The first-order valence-electron chi connectivity index (χ1n) is 3.36. The van der Waals surface area contributed by atoms with Crippen molar-refractivity contribution in [1.82, 2.24) is 4.72 Å². The molecule has 0 bridgehead atoms. The van der Waals surface area contributed by atoms with Crippen molar-refractivity contribution in [3.63, 3.8) is 0 Å². The molecule has 0 fully saturated rings. The van der Waals surface area contributed by atoms with Crippen LogP contribution in [0.1, 0.15) is 6.42 Å². The Kier molecular flexibility index (Phi) is 5.85. The highest BCUT2D eigenvalue weighted by Gasteiger charge is 2.06. The van der Waals surface area contributed by atoms with E-state index < -0.39 is 10.0 Å². The average Bonchev–Trinajstić information content (AvgIpc) is 1.87. The van der Waals surface area contributed by atoms with E-state index in [0.29, 0.717) is 19.5 Å². The van der Waals surface area contributed by atoms with E-state index in [4.69, 9.17) is 17.3 Å². The molecule has 0 aromatic heterocycles. The molecule has 6 heteroatoms. The molecule has 0 unspecified atom stereocenters. The van der Waals surface area contributed by atoms with Crippen molar-refractivity contribution in [1.29, 1.82) is 0 Å². The van der Waals surface area contributed by atoms with E-state index in [0.717, 1.165) is 0 Å². The number of sulfonamides is 1. The molecule has 68 valence electrons. The summed E-state index contributed by atoms with van der Waals surface area (Å²) in [5.74, 6) is 0.0943. The standard InChI is InChI=1S/C5H13ClN2O2S/c6-2-5-11(9,10)8-4-1-3-7/h8H,1-5,7H2. The van der Waals surface area contributed by atoms with E-state index in [9.17, 15) is 8.42 Å². The molecule has 0 amide bonds. The van der Waals surface area contributed by atoms with Gasteiger partial charge >= 0.3 is 0 Å². The maximum absolute atomic E-state index is 10.9. The van der Waals surface area contributed by atoms with E-state index in [2.05, 4.69) is 4.72 Å². The van der Waals surface area contributed by atoms with Gasteiger partial charge in [0.05, 0.1) is 5.75 Å². The number of hydrogen-bond donors (Lipinski definition) is 2. The summed E-state index contributed by atoms with van der Waals surface area (Å²) in [7, 11) is -3.14. The Bertz CT molecular complexity index is 181. The van der Waals surface area contributed by atoms with Crippen LogP contribution in [0.5, 0.6) is 0 Å². The number of alkyl halides is 1. The summed E-state index contributed by atoms with van der Waals surface area (Å²) < 4.78 is 24.1. The quantitative estimate of drug-likeness (QED) is 0.448. The van der Waals surface area contributed by atoms with Crippen molar-refractivity contribution >= 4 is 21.6 Å². The van der Waals surface area contributed by atoms with E-state index in [-0.39, 0.29) is 11.6 Å². The Hall–Kier alpha value is 0.160. The van der Waals surface area contributed by atoms with Crippen molar-refractivity contribution in [2.45, 2.75) is 6.42 Å². The summed E-state index contributed by atoms with van der Waals surface area (Å²) in [6.07, 6.45) is 0.654. The number of nitrogens with two attached hydrogens (primary N) is 1. The molecule has 0 aromatic carbocycles. The van der Waals surface area contributed by atoms with Crippen molar-refractivity contribution in [2.24, 2.45) is 5.73 Å². The molecular formula is C5H13ClN2O2S. The lowest BCUT2D eigenvalue weighted by Gasteiger charge is -2.02. The Labute approximate surface area is 72.2 Å². The summed E-state index contributed by atoms with van der Waals surface area (Å²) in [5.41, 5.74) is 5.17. The van der Waals surface area contributed by atoms with Gasteiger partial charge in [0.1, 0.15) is 0 Å². The van der Waals surface area contributed by atoms with Gasteiger partial charge in [-0.3, -0.25) is 0 Å². The lowest BCUT2D eigenvalue weighted by molar-refractivity contribution is 0.581. The Morgan fingerprint density at radius 1 is 1.45 bits per heavy atom. The SMILES string of the molecule is NCCCNS(=O)(=O)CCCl. The molecule has 0 aliphatic heterocycles. The van der Waals surface area contributed by atoms with Crippen molar-refractivity contribution in [3.8, 4) is 0 Å². The van der Waals surface area contributed by atoms with Crippen LogP contribution in [-0.2, 0) is 10.0 Å². The molecule has 0 atom stereocenters. The molecule has 0 aliphatic carbocycles. The van der Waals surface area contributed by atoms with Gasteiger partial charge in [-0.05, 0) is 13.0 Å². The first kappa shape index (κ1) is 11.2. The highest BCUT2D eigenvalue weighted by molar-refractivity contribution is 7.89. The van der Waals surface area contributed by atoms with Crippen LogP contribution in [0.4, 0.5) is 0 Å². The predicted octanol–water partition coefficient (Wildman–Crippen LogP) is -0.507. The Balaban J connectivity index is 3.56. The fourth-order valence-electron chi connectivity index (χ4n) is 0.503. The first-order valence-corrected chi connectivity index (χ1v) is 5.54. The van der Waals surface area contributed by atoms with Crippen molar-refractivity contribution in [2.75, 3.05) is 24.7 Å². The van der Waals surface area contributed by atoms with Gasteiger partial charge in [0.2, 0.25) is 10.0 Å². The van der Waals surface area contributed by atoms with E-state index in [1.807, 2.05) is 0 Å². The van der Waals surface area contributed by atoms with Crippen LogP contribution in [0.15, 0.2) is 0 Å². The molecule has 0 rings (SSSR count). The van der Waals surface area contributed by atoms with Gasteiger partial charge in [0.15, 0.2) is 0 Å². The van der Waals surface area contributed by atoms with Crippen LogP contribution in [0, 0.1) is 0 Å². The molecule has 0 spiro atoms. The molecule has 0 aromatic rings. The summed E-state index contributed by atoms with van der Waals surface area (Å²) in [6, 6.07) is 0. The van der Waals surface area contributed by atoms with Gasteiger partial charge in [-0.2, -0.15) is 0 Å². The first-order chi connectivity index (χ1) is 5.12. The number of nitrogens with one attached hydrogen (secondary N) is 1. The van der Waals surface area contributed by atoms with Gasteiger partial charge in [0.25, 0.3) is 0 Å². The molecule has 0 heterocycles. The lowest BCUT2D eigenvalue weighted by atomic mass is 10.4. The highest BCUT2D eigenvalue weighted by Crippen LogP contribution is 1.86. The van der Waals surface area contributed by atoms with Crippen molar-refractivity contribution < 1.29 is 8.42 Å². The molecule has 0 saturated heterocycles. The smallest absolute Gasteiger partial charge is 0.212 e. The molecule has 3 N–H and O–H groups in total. The molecule has 0 radical (unpaired) electrons. The number of halogens is 1. The molecule has 11 heavy (non-hydrogen) atoms. The van der Waals surface area contributed by atoms with Gasteiger partial charge < -0.3 is 5.73 Å². The van der Waals surface area contributed by atoms with Crippen LogP contribution in [-0.4, -0.2) is 33.1 Å². The van der Waals surface area contributed by atoms with Crippen molar-refractivity contribution in [3.05, 3.63) is 0 Å². The fraction of sp³-hybridized carbons (Fsp3) is 1.00. The molecular weight excluding hydrogens is 188 g/mol. The van der Waals surface area contributed by atoms with Crippen LogP contribution >= 0.6 is 11.6 Å². The summed E-state index contributed by atoms with van der Waals surface area (Å²) in [6.45, 7) is 0.888. The highest BCUT2D eigenvalue weighted by atomic mass is 35.5. The summed E-state index contributed by atoms with van der Waals surface area (Å²) in [5, 5.41) is 0. The monoisotopic (exact) mass is 200 g/mol. The minimum atomic E-state index is -3.14. The Morgan fingerprint density at radius 2 is 2.09 bits per heavy atom. The molecule has 0 aliphatic rings. The Morgan fingerprint density at radius 3 is 2.55 bits per heavy atom. The zero-order valence-electron chi connectivity index (χ0n) is 6.22. The predicted molar refractivity (Wildman–Crippen MR) is 46.2 cm³/mol. The third-order valence-corrected chi connectivity index (χ3v) is 2.85. The molecule has 4 nitrogen and oxygen atoms in total. The second-order valence-corrected chi connectivity index (χ2v) is 4.35. The molecule has 0 saturated carbocycles. The zero-order valence-corrected chi connectivity index (χ0v) is 7.79. The zero-order chi connectivity index (χ0) is 8.74. The number of hydrogen-bond acceptors (Lipinski definition) is 3. The average molecular weight is 201 g/mol. The van der Waals surface area contributed by atoms with Crippen LogP contribution in [0.2, 0.25) is 0 Å². The lowest BCUT2D eigenvalue weighted by Crippen LogP contribution is -2.29. The minimum Gasteiger partial charge on any atom is -0.330 e. The maximum atomic E-state index is 10.9. The van der Waals surface area contributed by atoms with E-state index >= 15 is 0 Å². The van der Waals surface area contributed by atoms with Gasteiger partial charge in [-0.15, -0.1) is 11.6 Å². The normalized spacial score (nSPS) is 11.8. The second-order valence-electron chi connectivity index (χ2n) is 2.04. The third-order valence-electron chi connectivity index (χ3n) is 1.05. The van der Waals surface area contributed by atoms with E-state index in [1.54, 1.807) is 0 Å². The van der Waals surface area contributed by atoms with E-state index in [1.165, 1.54) is 0 Å². The van der Waals surface area contributed by atoms with Gasteiger partial charge in [-0.1, -0.05) is 0 Å². The minimum absolute atomic E-state index is 0.0286. The van der Waals surface area contributed by atoms with Crippen LogP contribution in [0.3, 0.4) is 0 Å². The topological polar surface area (TPSA) is 72.2 Å². The van der Waals surface area contributed by atoms with Gasteiger partial charge in [0, 0.05) is 12.4 Å². The van der Waals surface area contributed by atoms with Crippen LogP contribution < -0.4 is 10.5 Å². The largest absolute Gasteiger partial charge is 0.330 e. The summed E-state index contributed by atoms with van der Waals surface area (Å²) in [4.78, 5) is 0. The fourth-order valence-corrected chi connectivity index (χ4v) is 1.92. The maximum Gasteiger partial charge on any atom is 0.212 e. The van der Waals surface area contributed by atoms with Crippen LogP contribution in [0.25, 0.3) is 0 Å². The number of rotatable bonds is 6.